The first-order valence-corrected chi connectivity index (χ1v) is 5.96. The van der Waals surface area contributed by atoms with Crippen LogP contribution < -0.4 is 5.32 Å². The van der Waals surface area contributed by atoms with Crippen LogP contribution in [0, 0.1) is 0 Å². The molecule has 116 valence electrons. The zero-order chi connectivity index (χ0) is 15.8. The summed E-state index contributed by atoms with van der Waals surface area (Å²) in [6, 6.07) is 0. The molecule has 0 unspecified atom stereocenters. The maximum atomic E-state index is 10.3. The van der Waals surface area contributed by atoms with E-state index in [4.69, 9.17) is 20.4 Å². The summed E-state index contributed by atoms with van der Waals surface area (Å²) in [6.07, 6.45) is -2.29. The number of carboxylic acid groups (broad SMARTS) is 3. The third-order valence-corrected chi connectivity index (χ3v) is 2.63. The fraction of sp³-hybridized carbons (Fsp3) is 0.727. The van der Waals surface area contributed by atoms with Crippen molar-refractivity contribution in [1.29, 1.82) is 0 Å². The fourth-order valence-electron chi connectivity index (χ4n) is 1.49. The van der Waals surface area contributed by atoms with E-state index in [1.165, 1.54) is 13.1 Å². The highest BCUT2D eigenvalue weighted by molar-refractivity contribution is 5.88. The van der Waals surface area contributed by atoms with Crippen molar-refractivity contribution in [1.82, 2.24) is 10.2 Å². The number of aliphatic hydroxyl groups is 1. The van der Waals surface area contributed by atoms with Crippen molar-refractivity contribution < 1.29 is 34.8 Å². The van der Waals surface area contributed by atoms with E-state index in [1.54, 1.807) is 0 Å². The van der Waals surface area contributed by atoms with Crippen molar-refractivity contribution in [2.75, 3.05) is 33.2 Å². The van der Waals surface area contributed by atoms with Gasteiger partial charge in [-0.3, -0.25) is 9.59 Å². The number of hydrogen-bond acceptors (Lipinski definition) is 6. The second kappa shape index (κ2) is 8.46. The molecule has 0 amide bonds. The Morgan fingerprint density at radius 3 is 1.65 bits per heavy atom. The first-order valence-electron chi connectivity index (χ1n) is 5.96. The fourth-order valence-corrected chi connectivity index (χ4v) is 1.49. The monoisotopic (exact) mass is 292 g/mol. The maximum absolute atomic E-state index is 10.3. The van der Waals surface area contributed by atoms with Gasteiger partial charge >= 0.3 is 17.9 Å². The average molecular weight is 292 g/mol. The molecule has 1 fully saturated rings. The number of aliphatic carboxylic acids is 3. The van der Waals surface area contributed by atoms with Crippen LogP contribution in [0.1, 0.15) is 12.8 Å². The molecule has 20 heavy (non-hydrogen) atoms. The minimum Gasteiger partial charge on any atom is -0.481 e. The van der Waals surface area contributed by atoms with Crippen molar-refractivity contribution >= 4 is 17.9 Å². The molecule has 0 aliphatic carbocycles. The van der Waals surface area contributed by atoms with Crippen LogP contribution in [0.15, 0.2) is 0 Å². The van der Waals surface area contributed by atoms with Gasteiger partial charge in [0.2, 0.25) is 0 Å². The lowest BCUT2D eigenvalue weighted by Crippen LogP contribution is -2.42. The van der Waals surface area contributed by atoms with Gasteiger partial charge in [-0.2, -0.15) is 0 Å². The largest absolute Gasteiger partial charge is 0.481 e. The molecule has 0 aromatic carbocycles. The number of hydrogen-bond donors (Lipinski definition) is 5. The van der Waals surface area contributed by atoms with Gasteiger partial charge in [-0.1, -0.05) is 0 Å². The summed E-state index contributed by atoms with van der Waals surface area (Å²) >= 11 is 0. The number of nitrogens with one attached hydrogen (secondary N) is 1. The first kappa shape index (κ1) is 18.3. The van der Waals surface area contributed by atoms with Crippen LogP contribution in [0.5, 0.6) is 0 Å². The van der Waals surface area contributed by atoms with Gasteiger partial charge in [0.25, 0.3) is 0 Å². The highest BCUT2D eigenvalue weighted by Crippen LogP contribution is 2.15. The van der Waals surface area contributed by atoms with Crippen molar-refractivity contribution in [3.63, 3.8) is 0 Å². The molecule has 9 heteroatoms. The summed E-state index contributed by atoms with van der Waals surface area (Å²) in [5.74, 6) is -5.02. The van der Waals surface area contributed by atoms with Gasteiger partial charge in [0.1, 0.15) is 0 Å². The molecule has 5 N–H and O–H groups in total. The number of carboxylic acids is 3. The third-order valence-electron chi connectivity index (χ3n) is 2.63. The Labute approximate surface area is 115 Å². The van der Waals surface area contributed by atoms with Crippen LogP contribution >= 0.6 is 0 Å². The van der Waals surface area contributed by atoms with Gasteiger partial charge < -0.3 is 30.6 Å². The number of nitrogens with zero attached hydrogens (tertiary/aromatic N) is 1. The summed E-state index contributed by atoms with van der Waals surface area (Å²) in [5.41, 5.74) is -2.74. The minimum absolute atomic E-state index is 1.14. The molecule has 1 heterocycles. The normalized spacial score (nSPS) is 15.9. The van der Waals surface area contributed by atoms with E-state index in [0.29, 0.717) is 0 Å². The Bertz CT molecular complexity index is 337. The van der Waals surface area contributed by atoms with Crippen LogP contribution in [0.25, 0.3) is 0 Å². The Balaban J connectivity index is 0.000000428. The zero-order valence-corrected chi connectivity index (χ0v) is 11.2. The third kappa shape index (κ3) is 7.67. The van der Waals surface area contributed by atoms with Crippen molar-refractivity contribution in [3.05, 3.63) is 0 Å². The van der Waals surface area contributed by atoms with Gasteiger partial charge in [0.15, 0.2) is 5.60 Å². The molecule has 1 saturated heterocycles. The second-order valence-corrected chi connectivity index (χ2v) is 4.53. The van der Waals surface area contributed by atoms with Crippen LogP contribution in [0.3, 0.4) is 0 Å². The molecule has 1 aliphatic rings. The Kier molecular flexibility index (Phi) is 7.74. The Hall–Kier alpha value is -1.71. The summed E-state index contributed by atoms with van der Waals surface area (Å²) < 4.78 is 0. The number of carbonyl (C=O) groups is 3. The van der Waals surface area contributed by atoms with Crippen LogP contribution in [0.4, 0.5) is 0 Å². The van der Waals surface area contributed by atoms with Crippen molar-refractivity contribution in [3.8, 4) is 0 Å². The second-order valence-electron chi connectivity index (χ2n) is 4.53. The van der Waals surface area contributed by atoms with E-state index in [0.717, 1.165) is 13.1 Å². The summed E-state index contributed by atoms with van der Waals surface area (Å²) in [6.45, 7) is 4.74. The highest BCUT2D eigenvalue weighted by atomic mass is 16.4. The lowest BCUT2D eigenvalue weighted by molar-refractivity contribution is -0.170. The molecule has 9 nitrogen and oxygen atoms in total. The number of rotatable bonds is 5. The standard InChI is InChI=1S/C6H8O7.C5H12N2/c7-3(8)1-6(13,5(11)12)2-4(9)10;1-7-4-2-6-3-5-7/h13H,1-2H2,(H,7,8)(H,9,10)(H,11,12);6H,2-5H2,1H3. The Morgan fingerprint density at radius 1 is 1.05 bits per heavy atom. The molecule has 1 rings (SSSR count). The predicted molar refractivity (Wildman–Crippen MR) is 67.5 cm³/mol. The number of likely N-dealkylation sites (N-methyl/N-ethyl adjacent to an activating group) is 1. The molecule has 0 bridgehead atoms. The minimum atomic E-state index is -2.74. The molecule has 0 atom stereocenters. The quantitative estimate of drug-likeness (QED) is 0.398. The van der Waals surface area contributed by atoms with Crippen LogP contribution in [0.2, 0.25) is 0 Å². The van der Waals surface area contributed by atoms with Gasteiger partial charge in [0.05, 0.1) is 12.8 Å². The van der Waals surface area contributed by atoms with Crippen LogP contribution in [-0.4, -0.2) is 82.1 Å². The molecule has 0 saturated carbocycles. The molecular formula is C11H20N2O7. The molecular weight excluding hydrogens is 272 g/mol. The molecule has 0 spiro atoms. The first-order chi connectivity index (χ1) is 9.17. The molecule has 1 aliphatic heterocycles. The van der Waals surface area contributed by atoms with Gasteiger partial charge in [-0.25, -0.2) is 4.79 Å². The highest BCUT2D eigenvalue weighted by Gasteiger charge is 2.40. The lowest BCUT2D eigenvalue weighted by Gasteiger charge is -2.21. The molecule has 0 aromatic heterocycles. The molecule has 0 aromatic rings. The van der Waals surface area contributed by atoms with Crippen LogP contribution in [-0.2, 0) is 14.4 Å². The summed E-state index contributed by atoms with van der Waals surface area (Å²) in [5, 5.41) is 37.1. The van der Waals surface area contributed by atoms with E-state index in [2.05, 4.69) is 17.3 Å². The van der Waals surface area contributed by atoms with E-state index in [9.17, 15) is 14.4 Å². The van der Waals surface area contributed by atoms with Crippen molar-refractivity contribution in [2.45, 2.75) is 18.4 Å². The smallest absolute Gasteiger partial charge is 0.336 e. The SMILES string of the molecule is CN1CCNCC1.O=C(O)CC(O)(CC(=O)O)C(=O)O. The van der Waals surface area contributed by atoms with Gasteiger partial charge in [-0.15, -0.1) is 0 Å². The Morgan fingerprint density at radius 2 is 1.45 bits per heavy atom. The van der Waals surface area contributed by atoms with Gasteiger partial charge in [0, 0.05) is 26.2 Å². The van der Waals surface area contributed by atoms with E-state index in [-0.39, 0.29) is 0 Å². The van der Waals surface area contributed by atoms with E-state index >= 15 is 0 Å². The van der Waals surface area contributed by atoms with E-state index in [1.807, 2.05) is 0 Å². The summed E-state index contributed by atoms with van der Waals surface area (Å²) in [4.78, 5) is 32.8. The average Bonchev–Trinajstić information content (AvgIpc) is 2.28. The lowest BCUT2D eigenvalue weighted by atomic mass is 9.96. The topological polar surface area (TPSA) is 147 Å². The molecule has 0 radical (unpaired) electrons. The zero-order valence-electron chi connectivity index (χ0n) is 11.2. The van der Waals surface area contributed by atoms with E-state index < -0.39 is 36.4 Å². The summed E-state index contributed by atoms with van der Waals surface area (Å²) in [7, 11) is 2.15. The van der Waals surface area contributed by atoms with Crippen molar-refractivity contribution in [2.24, 2.45) is 0 Å². The number of piperazine rings is 1. The van der Waals surface area contributed by atoms with Gasteiger partial charge in [-0.05, 0) is 7.05 Å². The maximum Gasteiger partial charge on any atom is 0.336 e. The predicted octanol–water partition coefficient (Wildman–Crippen LogP) is -1.73.